The third kappa shape index (κ3) is 4.81. The van der Waals surface area contributed by atoms with E-state index in [0.717, 1.165) is 6.07 Å². The van der Waals surface area contributed by atoms with Crippen molar-refractivity contribution in [1.29, 1.82) is 0 Å². The van der Waals surface area contributed by atoms with Crippen LogP contribution in [0, 0.1) is 19.7 Å². The zero-order valence-corrected chi connectivity index (χ0v) is 15.2. The minimum Gasteiger partial charge on any atom is -0.491 e. The molecule has 0 saturated heterocycles. The molecule has 0 aliphatic heterocycles. The maximum absolute atomic E-state index is 13.8. The first-order valence-electron chi connectivity index (χ1n) is 7.91. The van der Waals surface area contributed by atoms with Crippen LogP contribution in [0.15, 0.2) is 33.6 Å². The van der Waals surface area contributed by atoms with E-state index in [9.17, 15) is 17.9 Å². The van der Waals surface area contributed by atoms with E-state index < -0.39 is 21.9 Å². The van der Waals surface area contributed by atoms with Crippen molar-refractivity contribution < 1.29 is 27.1 Å². The molecule has 2 N–H and O–H groups in total. The first kappa shape index (κ1) is 19.4. The van der Waals surface area contributed by atoms with Crippen LogP contribution < -0.4 is 9.46 Å². The number of aryl methyl sites for hydroxylation is 2. The van der Waals surface area contributed by atoms with Crippen molar-refractivity contribution in [1.82, 2.24) is 4.72 Å². The third-order valence-corrected chi connectivity index (χ3v) is 5.12. The van der Waals surface area contributed by atoms with Gasteiger partial charge in [0.25, 0.3) is 0 Å². The number of halogens is 1. The van der Waals surface area contributed by atoms with E-state index in [2.05, 4.69) is 4.72 Å². The SMILES string of the molecule is CCOc1ccc(S(=O)(=O)NCC[C@H](O)c2cc(C)oc2C)cc1F. The van der Waals surface area contributed by atoms with Gasteiger partial charge in [0.15, 0.2) is 11.6 Å². The van der Waals surface area contributed by atoms with Gasteiger partial charge in [-0.2, -0.15) is 0 Å². The summed E-state index contributed by atoms with van der Waals surface area (Å²) in [5.41, 5.74) is 0.629. The van der Waals surface area contributed by atoms with E-state index >= 15 is 0 Å². The molecule has 1 aromatic carbocycles. The van der Waals surface area contributed by atoms with Crippen molar-refractivity contribution in [2.75, 3.05) is 13.2 Å². The summed E-state index contributed by atoms with van der Waals surface area (Å²) in [6.07, 6.45) is -0.685. The fraction of sp³-hybridized carbons (Fsp3) is 0.412. The second-order valence-corrected chi connectivity index (χ2v) is 7.36. The molecule has 0 fully saturated rings. The van der Waals surface area contributed by atoms with Crippen LogP contribution in [-0.2, 0) is 10.0 Å². The molecule has 2 rings (SSSR count). The number of furan rings is 1. The number of ether oxygens (including phenoxy) is 1. The van der Waals surface area contributed by atoms with Gasteiger partial charge >= 0.3 is 0 Å². The van der Waals surface area contributed by atoms with Gasteiger partial charge in [-0.05, 0) is 51.5 Å². The summed E-state index contributed by atoms with van der Waals surface area (Å²) in [5, 5.41) is 10.2. The Labute approximate surface area is 146 Å². The number of rotatable bonds is 8. The van der Waals surface area contributed by atoms with Crippen molar-refractivity contribution in [3.05, 3.63) is 47.2 Å². The predicted octanol–water partition coefficient (Wildman–Crippen LogP) is 2.84. The Morgan fingerprint density at radius 1 is 1.32 bits per heavy atom. The van der Waals surface area contributed by atoms with Crippen LogP contribution in [0.25, 0.3) is 0 Å². The summed E-state index contributed by atoms with van der Waals surface area (Å²) >= 11 is 0. The van der Waals surface area contributed by atoms with E-state index in [4.69, 9.17) is 9.15 Å². The molecule has 0 spiro atoms. The number of nitrogens with one attached hydrogen (secondary N) is 1. The molecule has 0 unspecified atom stereocenters. The molecule has 1 atom stereocenters. The van der Waals surface area contributed by atoms with Gasteiger partial charge in [0, 0.05) is 12.1 Å². The van der Waals surface area contributed by atoms with Gasteiger partial charge < -0.3 is 14.3 Å². The average Bonchev–Trinajstić information content (AvgIpc) is 2.87. The van der Waals surface area contributed by atoms with Crippen LogP contribution in [0.3, 0.4) is 0 Å². The lowest BCUT2D eigenvalue weighted by Gasteiger charge is -2.12. The Balaban J connectivity index is 1.99. The first-order chi connectivity index (χ1) is 11.7. The summed E-state index contributed by atoms with van der Waals surface area (Å²) in [7, 11) is -3.88. The van der Waals surface area contributed by atoms with Crippen molar-refractivity contribution in [2.45, 2.75) is 38.2 Å². The lowest BCUT2D eigenvalue weighted by molar-refractivity contribution is 0.167. The van der Waals surface area contributed by atoms with Gasteiger partial charge in [-0.25, -0.2) is 17.5 Å². The quantitative estimate of drug-likeness (QED) is 0.745. The highest BCUT2D eigenvalue weighted by Gasteiger charge is 2.19. The number of aliphatic hydroxyl groups excluding tert-OH is 1. The summed E-state index contributed by atoms with van der Waals surface area (Å²) in [6.45, 7) is 5.50. The van der Waals surface area contributed by atoms with E-state index in [1.54, 1.807) is 26.8 Å². The number of hydrogen-bond donors (Lipinski definition) is 2. The highest BCUT2D eigenvalue weighted by atomic mass is 32.2. The minimum atomic E-state index is -3.88. The highest BCUT2D eigenvalue weighted by molar-refractivity contribution is 7.89. The van der Waals surface area contributed by atoms with Crippen LogP contribution in [0.5, 0.6) is 5.75 Å². The molecule has 1 heterocycles. The lowest BCUT2D eigenvalue weighted by atomic mass is 10.1. The topological polar surface area (TPSA) is 88.8 Å². The third-order valence-electron chi connectivity index (χ3n) is 3.66. The van der Waals surface area contributed by atoms with Crippen LogP contribution in [-0.4, -0.2) is 26.7 Å². The van der Waals surface area contributed by atoms with Gasteiger partial charge in [-0.15, -0.1) is 0 Å². The van der Waals surface area contributed by atoms with E-state index in [0.29, 0.717) is 17.1 Å². The molecule has 138 valence electrons. The second kappa shape index (κ2) is 7.99. The number of hydrogen-bond acceptors (Lipinski definition) is 5. The zero-order valence-electron chi connectivity index (χ0n) is 14.4. The molecule has 6 nitrogen and oxygen atoms in total. The molecule has 0 aliphatic carbocycles. The molecule has 0 aliphatic rings. The number of aliphatic hydroxyl groups is 1. The van der Waals surface area contributed by atoms with Crippen molar-refractivity contribution >= 4 is 10.0 Å². The van der Waals surface area contributed by atoms with Crippen LogP contribution in [0.2, 0.25) is 0 Å². The van der Waals surface area contributed by atoms with Gasteiger partial charge in [-0.3, -0.25) is 0 Å². The Morgan fingerprint density at radius 2 is 2.04 bits per heavy atom. The molecule has 1 aromatic heterocycles. The fourth-order valence-corrected chi connectivity index (χ4v) is 3.53. The Bertz CT molecular complexity index is 832. The lowest BCUT2D eigenvalue weighted by Crippen LogP contribution is -2.26. The minimum absolute atomic E-state index is 0.00198. The maximum atomic E-state index is 13.8. The normalized spacial score (nSPS) is 13.0. The zero-order chi connectivity index (χ0) is 18.6. The van der Waals surface area contributed by atoms with E-state index in [1.807, 2.05) is 0 Å². The molecule has 0 saturated carbocycles. The summed E-state index contributed by atoms with van der Waals surface area (Å²) in [5.74, 6) is 0.537. The van der Waals surface area contributed by atoms with Crippen LogP contribution in [0.4, 0.5) is 4.39 Å². The maximum Gasteiger partial charge on any atom is 0.240 e. The van der Waals surface area contributed by atoms with Crippen molar-refractivity contribution in [3.8, 4) is 5.75 Å². The van der Waals surface area contributed by atoms with Crippen LogP contribution in [0.1, 0.15) is 36.5 Å². The predicted molar refractivity (Wildman–Crippen MR) is 90.5 cm³/mol. The Kier molecular flexibility index (Phi) is 6.21. The average molecular weight is 371 g/mol. The molecule has 8 heteroatoms. The van der Waals surface area contributed by atoms with Gasteiger partial charge in [0.05, 0.1) is 17.6 Å². The number of sulfonamides is 1. The van der Waals surface area contributed by atoms with Crippen LogP contribution >= 0.6 is 0 Å². The summed E-state index contributed by atoms with van der Waals surface area (Å²) in [6, 6.07) is 5.18. The second-order valence-electron chi connectivity index (χ2n) is 5.60. The molecule has 0 amide bonds. The Morgan fingerprint density at radius 3 is 2.60 bits per heavy atom. The monoisotopic (exact) mass is 371 g/mol. The largest absolute Gasteiger partial charge is 0.491 e. The molecule has 25 heavy (non-hydrogen) atoms. The highest BCUT2D eigenvalue weighted by Crippen LogP contribution is 2.24. The summed E-state index contributed by atoms with van der Waals surface area (Å²) in [4.78, 5) is -0.196. The molecule has 2 aromatic rings. The van der Waals surface area contributed by atoms with Gasteiger partial charge in [0.2, 0.25) is 10.0 Å². The smallest absolute Gasteiger partial charge is 0.240 e. The fourth-order valence-electron chi connectivity index (χ4n) is 2.47. The number of benzene rings is 1. The van der Waals surface area contributed by atoms with Gasteiger partial charge in [-0.1, -0.05) is 0 Å². The Hall–Kier alpha value is -1.90. The first-order valence-corrected chi connectivity index (χ1v) is 9.40. The molecule has 0 bridgehead atoms. The van der Waals surface area contributed by atoms with E-state index in [-0.39, 0.29) is 30.2 Å². The van der Waals surface area contributed by atoms with E-state index in [1.165, 1.54) is 12.1 Å². The van der Waals surface area contributed by atoms with Gasteiger partial charge in [0.1, 0.15) is 11.5 Å². The standard InChI is InChI=1S/C17H22FNO5S/c1-4-23-17-6-5-13(10-15(17)18)25(21,22)19-8-7-16(20)14-9-11(2)24-12(14)3/h5-6,9-10,16,19-20H,4,7-8H2,1-3H3/t16-/m0/s1. The van der Waals surface area contributed by atoms with Crippen molar-refractivity contribution in [3.63, 3.8) is 0 Å². The molecular weight excluding hydrogens is 349 g/mol. The summed E-state index contributed by atoms with van der Waals surface area (Å²) < 4.78 is 51.0. The molecule has 0 radical (unpaired) electrons. The molecular formula is C17H22FNO5S. The van der Waals surface area contributed by atoms with Crippen molar-refractivity contribution in [2.24, 2.45) is 0 Å².